The lowest BCUT2D eigenvalue weighted by Gasteiger charge is -2.13. The van der Waals surface area contributed by atoms with Crippen LogP contribution in [-0.4, -0.2) is 41.3 Å². The second-order valence-electron chi connectivity index (χ2n) is 7.28. The maximum absolute atomic E-state index is 14.0. The van der Waals surface area contributed by atoms with Crippen molar-refractivity contribution in [3.05, 3.63) is 65.2 Å². The summed E-state index contributed by atoms with van der Waals surface area (Å²) in [6.45, 7) is 2.53. The fraction of sp³-hybridized carbons (Fsp3) is 0.292. The number of nitrogens with zero attached hydrogens (tertiary/aromatic N) is 2. The Bertz CT molecular complexity index is 1160. The van der Waals surface area contributed by atoms with Crippen molar-refractivity contribution in [3.8, 4) is 22.8 Å². The Morgan fingerprint density at radius 1 is 1.12 bits per heavy atom. The third-order valence-corrected chi connectivity index (χ3v) is 5.01. The monoisotopic (exact) mass is 475 g/mol. The number of carboxylic acid groups (broad SMARTS) is 1. The standard InChI is InChI=1S/C24H24F3N3O4/c1-3-34-21-9-14(4-5-15(21)10-23(31)32)19-12-22(30-13-29-19)28-7-6-16-8-18(25)17(24(26)27)11-20(16)33-2/h4-5,8-9,11-13,24H,3,6-7,10H2,1-2H3,(H,31,32)(H,28,29,30). The van der Waals surface area contributed by atoms with E-state index >= 15 is 0 Å². The maximum atomic E-state index is 14.0. The molecule has 2 aromatic carbocycles. The van der Waals surface area contributed by atoms with Gasteiger partial charge in [-0.2, -0.15) is 0 Å². The molecule has 180 valence electrons. The highest BCUT2D eigenvalue weighted by Crippen LogP contribution is 2.30. The van der Waals surface area contributed by atoms with Crippen LogP contribution in [0.15, 0.2) is 42.7 Å². The summed E-state index contributed by atoms with van der Waals surface area (Å²) in [4.78, 5) is 19.5. The van der Waals surface area contributed by atoms with Crippen LogP contribution in [0.25, 0.3) is 11.3 Å². The molecule has 3 rings (SSSR count). The molecular formula is C24H24F3N3O4. The molecule has 1 heterocycles. The van der Waals surface area contributed by atoms with E-state index in [2.05, 4.69) is 15.3 Å². The van der Waals surface area contributed by atoms with Gasteiger partial charge in [0.25, 0.3) is 6.43 Å². The summed E-state index contributed by atoms with van der Waals surface area (Å²) in [7, 11) is 1.34. The van der Waals surface area contributed by atoms with Gasteiger partial charge in [0.15, 0.2) is 0 Å². The minimum atomic E-state index is -2.93. The first-order valence-corrected chi connectivity index (χ1v) is 10.5. The van der Waals surface area contributed by atoms with Crippen molar-refractivity contribution in [3.63, 3.8) is 0 Å². The Balaban J connectivity index is 1.74. The minimum Gasteiger partial charge on any atom is -0.496 e. The van der Waals surface area contributed by atoms with Crippen LogP contribution in [0.5, 0.6) is 11.5 Å². The first-order chi connectivity index (χ1) is 16.3. The fourth-order valence-corrected chi connectivity index (χ4v) is 3.41. The van der Waals surface area contributed by atoms with Gasteiger partial charge in [-0.25, -0.2) is 23.1 Å². The van der Waals surface area contributed by atoms with Crippen LogP contribution < -0.4 is 14.8 Å². The fourth-order valence-electron chi connectivity index (χ4n) is 3.41. The van der Waals surface area contributed by atoms with Crippen molar-refractivity contribution in [2.45, 2.75) is 26.2 Å². The molecule has 0 saturated heterocycles. The Labute approximate surface area is 194 Å². The zero-order valence-corrected chi connectivity index (χ0v) is 18.6. The lowest BCUT2D eigenvalue weighted by molar-refractivity contribution is -0.136. The second kappa shape index (κ2) is 11.4. The molecule has 7 nitrogen and oxygen atoms in total. The van der Waals surface area contributed by atoms with Crippen LogP contribution in [0.4, 0.5) is 19.0 Å². The Kier molecular flexibility index (Phi) is 8.29. The summed E-state index contributed by atoms with van der Waals surface area (Å²) in [5.74, 6) is -0.779. The number of hydrogen-bond acceptors (Lipinski definition) is 6. The summed E-state index contributed by atoms with van der Waals surface area (Å²) in [5.41, 5.74) is 1.61. The molecule has 2 N–H and O–H groups in total. The Morgan fingerprint density at radius 2 is 1.91 bits per heavy atom. The lowest BCUT2D eigenvalue weighted by Crippen LogP contribution is -2.08. The lowest BCUT2D eigenvalue weighted by atomic mass is 10.0. The molecule has 0 aliphatic carbocycles. The summed E-state index contributed by atoms with van der Waals surface area (Å²) >= 11 is 0. The number of carboxylic acids is 1. The second-order valence-corrected chi connectivity index (χ2v) is 7.28. The summed E-state index contributed by atoms with van der Waals surface area (Å²) in [6.07, 6.45) is -1.40. The van der Waals surface area contributed by atoms with E-state index in [9.17, 15) is 18.0 Å². The molecule has 0 amide bonds. The van der Waals surface area contributed by atoms with Crippen molar-refractivity contribution in [2.24, 2.45) is 0 Å². The number of aromatic nitrogens is 2. The molecule has 0 fully saturated rings. The number of ether oxygens (including phenoxy) is 2. The van der Waals surface area contributed by atoms with Gasteiger partial charge in [0.2, 0.25) is 0 Å². The van der Waals surface area contributed by atoms with Gasteiger partial charge < -0.3 is 19.9 Å². The van der Waals surface area contributed by atoms with Crippen LogP contribution in [0.2, 0.25) is 0 Å². The molecule has 0 aliphatic heterocycles. The molecule has 0 aliphatic rings. The third-order valence-electron chi connectivity index (χ3n) is 5.01. The van der Waals surface area contributed by atoms with Gasteiger partial charge >= 0.3 is 5.97 Å². The average Bonchev–Trinajstić information content (AvgIpc) is 2.80. The molecule has 0 spiro atoms. The number of nitrogens with one attached hydrogen (secondary N) is 1. The van der Waals surface area contributed by atoms with Gasteiger partial charge in [-0.3, -0.25) is 4.79 Å². The van der Waals surface area contributed by atoms with E-state index in [1.165, 1.54) is 13.4 Å². The molecule has 3 aromatic rings. The summed E-state index contributed by atoms with van der Waals surface area (Å²) in [6, 6.07) is 8.95. The SMILES string of the molecule is CCOc1cc(-c2cc(NCCc3cc(F)c(C(F)F)cc3OC)ncn2)ccc1CC(=O)O. The summed E-state index contributed by atoms with van der Waals surface area (Å²) in [5, 5.41) is 12.2. The number of carbonyl (C=O) groups is 1. The first kappa shape index (κ1) is 24.8. The largest absolute Gasteiger partial charge is 0.496 e. The van der Waals surface area contributed by atoms with E-state index in [0.717, 1.165) is 17.7 Å². The number of rotatable bonds is 11. The maximum Gasteiger partial charge on any atom is 0.307 e. The van der Waals surface area contributed by atoms with Gasteiger partial charge in [-0.1, -0.05) is 12.1 Å². The van der Waals surface area contributed by atoms with E-state index in [0.29, 0.717) is 48.0 Å². The molecule has 0 atom stereocenters. The molecule has 0 saturated carbocycles. The van der Waals surface area contributed by atoms with Gasteiger partial charge in [0.1, 0.15) is 29.5 Å². The van der Waals surface area contributed by atoms with Crippen LogP contribution >= 0.6 is 0 Å². The van der Waals surface area contributed by atoms with Crippen molar-refractivity contribution in [1.82, 2.24) is 9.97 Å². The molecule has 0 radical (unpaired) electrons. The quantitative estimate of drug-likeness (QED) is 0.407. The average molecular weight is 475 g/mol. The van der Waals surface area contributed by atoms with Crippen LogP contribution in [-0.2, 0) is 17.6 Å². The van der Waals surface area contributed by atoms with Crippen molar-refractivity contribution >= 4 is 11.8 Å². The number of anilines is 1. The molecule has 1 aromatic heterocycles. The molecule has 0 bridgehead atoms. The number of hydrogen-bond donors (Lipinski definition) is 2. The van der Waals surface area contributed by atoms with Crippen LogP contribution in [0, 0.1) is 5.82 Å². The zero-order chi connectivity index (χ0) is 24.7. The third kappa shape index (κ3) is 6.15. The van der Waals surface area contributed by atoms with Gasteiger partial charge in [0.05, 0.1) is 31.4 Å². The molecule has 10 heteroatoms. The number of methoxy groups -OCH3 is 1. The number of halogens is 3. The minimum absolute atomic E-state index is 0.158. The molecular weight excluding hydrogens is 451 g/mol. The van der Waals surface area contributed by atoms with E-state index in [1.807, 2.05) is 6.92 Å². The van der Waals surface area contributed by atoms with Gasteiger partial charge in [0, 0.05) is 23.7 Å². The first-order valence-electron chi connectivity index (χ1n) is 10.5. The predicted octanol–water partition coefficient (Wildman–Crippen LogP) is 4.91. The summed E-state index contributed by atoms with van der Waals surface area (Å²) < 4.78 is 50.5. The van der Waals surface area contributed by atoms with Crippen molar-refractivity contribution in [2.75, 3.05) is 25.6 Å². The highest BCUT2D eigenvalue weighted by atomic mass is 19.3. The topological polar surface area (TPSA) is 93.6 Å². The molecule has 34 heavy (non-hydrogen) atoms. The molecule has 0 unspecified atom stereocenters. The highest BCUT2D eigenvalue weighted by Gasteiger charge is 2.17. The Hall–Kier alpha value is -3.82. The van der Waals surface area contributed by atoms with E-state index < -0.39 is 23.8 Å². The van der Waals surface area contributed by atoms with E-state index in [4.69, 9.17) is 14.6 Å². The number of aliphatic carboxylic acids is 1. The highest BCUT2D eigenvalue weighted by molar-refractivity contribution is 5.73. The van der Waals surface area contributed by atoms with Crippen molar-refractivity contribution < 1.29 is 32.5 Å². The zero-order valence-electron chi connectivity index (χ0n) is 18.6. The van der Waals surface area contributed by atoms with E-state index in [-0.39, 0.29) is 12.2 Å². The smallest absolute Gasteiger partial charge is 0.307 e. The van der Waals surface area contributed by atoms with Crippen molar-refractivity contribution in [1.29, 1.82) is 0 Å². The normalized spacial score (nSPS) is 10.9. The van der Waals surface area contributed by atoms with Gasteiger partial charge in [-0.05, 0) is 37.1 Å². The number of alkyl halides is 2. The van der Waals surface area contributed by atoms with E-state index in [1.54, 1.807) is 24.3 Å². The van der Waals surface area contributed by atoms with Crippen LogP contribution in [0.1, 0.15) is 30.0 Å². The van der Waals surface area contributed by atoms with Gasteiger partial charge in [-0.15, -0.1) is 0 Å². The number of benzene rings is 2. The Morgan fingerprint density at radius 3 is 2.59 bits per heavy atom. The predicted molar refractivity (Wildman–Crippen MR) is 120 cm³/mol. The van der Waals surface area contributed by atoms with Crippen LogP contribution in [0.3, 0.4) is 0 Å².